The van der Waals surface area contributed by atoms with Crippen molar-refractivity contribution in [2.24, 2.45) is 0 Å². The van der Waals surface area contributed by atoms with Gasteiger partial charge in [-0.1, -0.05) is 30.3 Å². The number of methoxy groups -OCH3 is 1. The number of hydrogen-bond acceptors (Lipinski definition) is 4. The van der Waals surface area contributed by atoms with E-state index in [1.54, 1.807) is 18.0 Å². The van der Waals surface area contributed by atoms with Crippen molar-refractivity contribution in [1.29, 1.82) is 0 Å². The molecule has 1 atom stereocenters. The molecule has 1 heterocycles. The minimum Gasteiger partial charge on any atom is -0.497 e. The van der Waals surface area contributed by atoms with E-state index in [1.807, 2.05) is 48.5 Å². The normalized spacial score (nSPS) is 12.1. The molecule has 3 aromatic rings. The molecule has 0 bridgehead atoms. The van der Waals surface area contributed by atoms with E-state index in [0.29, 0.717) is 13.0 Å². The maximum absolute atomic E-state index is 12.0. The van der Waals surface area contributed by atoms with Gasteiger partial charge in [0.25, 0.3) is 0 Å². The van der Waals surface area contributed by atoms with Gasteiger partial charge in [-0.05, 0) is 23.8 Å². The van der Waals surface area contributed by atoms with Gasteiger partial charge < -0.3 is 15.2 Å². The van der Waals surface area contributed by atoms with Crippen LogP contribution in [0.5, 0.6) is 5.75 Å². The average Bonchev–Trinajstić information content (AvgIpc) is 3.07. The van der Waals surface area contributed by atoms with Crippen LogP contribution in [0.2, 0.25) is 0 Å². The number of aliphatic hydroxyl groups is 1. The molecule has 0 radical (unpaired) electrons. The molecule has 2 N–H and O–H groups in total. The lowest BCUT2D eigenvalue weighted by Crippen LogP contribution is -2.29. The van der Waals surface area contributed by atoms with Crippen molar-refractivity contribution in [1.82, 2.24) is 15.1 Å². The molecule has 0 fully saturated rings. The van der Waals surface area contributed by atoms with E-state index in [4.69, 9.17) is 4.74 Å². The van der Waals surface area contributed by atoms with Gasteiger partial charge in [0.05, 0.1) is 31.5 Å². The van der Waals surface area contributed by atoms with Crippen LogP contribution in [0, 0.1) is 0 Å². The lowest BCUT2D eigenvalue weighted by Gasteiger charge is -2.12. The monoisotopic (exact) mass is 339 g/mol. The summed E-state index contributed by atoms with van der Waals surface area (Å²) in [7, 11) is 1.62. The summed E-state index contributed by atoms with van der Waals surface area (Å²) in [6.45, 7) is 0.670. The number of fused-ring (bicyclic) bond motifs is 1. The molecule has 0 spiro atoms. The quantitative estimate of drug-likeness (QED) is 0.692. The van der Waals surface area contributed by atoms with Crippen LogP contribution in [0.3, 0.4) is 0 Å². The van der Waals surface area contributed by atoms with Crippen LogP contribution in [0.15, 0.2) is 54.7 Å². The smallest absolute Gasteiger partial charge is 0.221 e. The Balaban J connectivity index is 1.52. The predicted octanol–water partition coefficient (Wildman–Crippen LogP) is 2.28. The first-order valence-corrected chi connectivity index (χ1v) is 8.16. The third-order valence-electron chi connectivity index (χ3n) is 4.08. The summed E-state index contributed by atoms with van der Waals surface area (Å²) in [5.41, 5.74) is 1.74. The van der Waals surface area contributed by atoms with Crippen LogP contribution in [-0.2, 0) is 11.3 Å². The molecular weight excluding hydrogens is 318 g/mol. The first-order valence-electron chi connectivity index (χ1n) is 8.16. The Labute approximate surface area is 146 Å². The van der Waals surface area contributed by atoms with Gasteiger partial charge in [-0.15, -0.1) is 0 Å². The standard InChI is InChI=1S/C19H21N3O3/c1-25-16-7-8-17-15(11-16)12-21-22(17)10-9-19(24)20-13-18(23)14-5-3-2-4-6-14/h2-8,11-12,18,23H,9-10,13H2,1H3,(H,20,24). The predicted molar refractivity (Wildman–Crippen MR) is 95.3 cm³/mol. The van der Waals surface area contributed by atoms with Crippen molar-refractivity contribution in [3.8, 4) is 5.75 Å². The van der Waals surface area contributed by atoms with Crippen LogP contribution in [0.4, 0.5) is 0 Å². The first kappa shape index (κ1) is 17.0. The molecule has 0 aliphatic rings. The highest BCUT2D eigenvalue weighted by Gasteiger charge is 2.10. The van der Waals surface area contributed by atoms with Crippen LogP contribution < -0.4 is 10.1 Å². The summed E-state index contributed by atoms with van der Waals surface area (Å²) in [5, 5.41) is 18.1. The number of amides is 1. The van der Waals surface area contributed by atoms with Gasteiger partial charge in [0, 0.05) is 18.4 Å². The van der Waals surface area contributed by atoms with Crippen LogP contribution in [0.1, 0.15) is 18.1 Å². The zero-order valence-corrected chi connectivity index (χ0v) is 14.1. The molecule has 25 heavy (non-hydrogen) atoms. The van der Waals surface area contributed by atoms with Gasteiger partial charge in [-0.25, -0.2) is 0 Å². The number of aryl methyl sites for hydroxylation is 1. The lowest BCUT2D eigenvalue weighted by atomic mass is 10.1. The van der Waals surface area contributed by atoms with Gasteiger partial charge in [0.1, 0.15) is 5.75 Å². The molecule has 0 aliphatic carbocycles. The molecule has 0 saturated carbocycles. The average molecular weight is 339 g/mol. The van der Waals surface area contributed by atoms with Crippen LogP contribution in [-0.4, -0.2) is 34.4 Å². The maximum atomic E-state index is 12.0. The van der Waals surface area contributed by atoms with Gasteiger partial charge >= 0.3 is 0 Å². The molecule has 6 nitrogen and oxygen atoms in total. The van der Waals surface area contributed by atoms with E-state index in [2.05, 4.69) is 10.4 Å². The molecule has 3 rings (SSSR count). The van der Waals surface area contributed by atoms with E-state index in [9.17, 15) is 9.90 Å². The number of nitrogens with zero attached hydrogens (tertiary/aromatic N) is 2. The summed E-state index contributed by atoms with van der Waals surface area (Å²) in [6.07, 6.45) is 1.35. The summed E-state index contributed by atoms with van der Waals surface area (Å²) in [5.74, 6) is 0.659. The highest BCUT2D eigenvalue weighted by Crippen LogP contribution is 2.20. The minimum absolute atomic E-state index is 0.118. The van der Waals surface area contributed by atoms with Crippen molar-refractivity contribution < 1.29 is 14.6 Å². The minimum atomic E-state index is -0.705. The van der Waals surface area contributed by atoms with Crippen LogP contribution in [0.25, 0.3) is 10.9 Å². The van der Waals surface area contributed by atoms with Crippen LogP contribution >= 0.6 is 0 Å². The fraction of sp³-hybridized carbons (Fsp3) is 0.263. The fourth-order valence-electron chi connectivity index (χ4n) is 2.67. The van der Waals surface area contributed by atoms with Gasteiger partial charge in [-0.3, -0.25) is 9.48 Å². The zero-order chi connectivity index (χ0) is 17.6. The Morgan fingerprint density at radius 2 is 2.08 bits per heavy atom. The molecule has 2 aromatic carbocycles. The molecule has 0 saturated heterocycles. The topological polar surface area (TPSA) is 76.4 Å². The molecule has 1 amide bonds. The number of benzene rings is 2. The second-order valence-electron chi connectivity index (χ2n) is 5.77. The van der Waals surface area contributed by atoms with E-state index in [0.717, 1.165) is 22.2 Å². The molecule has 1 unspecified atom stereocenters. The van der Waals surface area contributed by atoms with Crippen molar-refractivity contribution in [2.45, 2.75) is 19.1 Å². The molecule has 130 valence electrons. The van der Waals surface area contributed by atoms with Crippen molar-refractivity contribution in [3.63, 3.8) is 0 Å². The largest absolute Gasteiger partial charge is 0.497 e. The van der Waals surface area contributed by atoms with E-state index in [1.165, 1.54) is 0 Å². The second-order valence-corrected chi connectivity index (χ2v) is 5.77. The number of nitrogens with one attached hydrogen (secondary N) is 1. The molecule has 0 aliphatic heterocycles. The number of carbonyl (C=O) groups is 1. The number of hydrogen-bond donors (Lipinski definition) is 2. The number of ether oxygens (including phenoxy) is 1. The fourth-order valence-corrected chi connectivity index (χ4v) is 2.67. The Morgan fingerprint density at radius 3 is 2.84 bits per heavy atom. The SMILES string of the molecule is COc1ccc2c(cnn2CCC(=O)NCC(O)c2ccccc2)c1. The number of rotatable bonds is 7. The molecule has 1 aromatic heterocycles. The van der Waals surface area contributed by atoms with Crippen molar-refractivity contribution >= 4 is 16.8 Å². The van der Waals surface area contributed by atoms with E-state index >= 15 is 0 Å². The lowest BCUT2D eigenvalue weighted by molar-refractivity contribution is -0.121. The van der Waals surface area contributed by atoms with Gasteiger partial charge in [0.15, 0.2) is 0 Å². The Hall–Kier alpha value is -2.86. The highest BCUT2D eigenvalue weighted by molar-refractivity contribution is 5.80. The summed E-state index contributed by atoms with van der Waals surface area (Å²) in [6, 6.07) is 15.0. The summed E-state index contributed by atoms with van der Waals surface area (Å²) in [4.78, 5) is 12.0. The maximum Gasteiger partial charge on any atom is 0.221 e. The summed E-state index contributed by atoms with van der Waals surface area (Å²) < 4.78 is 6.99. The molecule has 6 heteroatoms. The highest BCUT2D eigenvalue weighted by atomic mass is 16.5. The van der Waals surface area contributed by atoms with Gasteiger partial charge in [0.2, 0.25) is 5.91 Å². The number of aliphatic hydroxyl groups excluding tert-OH is 1. The number of aromatic nitrogens is 2. The first-order chi connectivity index (χ1) is 12.2. The van der Waals surface area contributed by atoms with Crippen molar-refractivity contribution in [3.05, 3.63) is 60.3 Å². The summed E-state index contributed by atoms with van der Waals surface area (Å²) >= 11 is 0. The Bertz CT molecular complexity index is 846. The van der Waals surface area contributed by atoms with Crippen molar-refractivity contribution in [2.75, 3.05) is 13.7 Å². The Morgan fingerprint density at radius 1 is 1.28 bits per heavy atom. The third kappa shape index (κ3) is 4.16. The Kier molecular flexibility index (Phi) is 5.30. The molecular formula is C19H21N3O3. The number of carbonyl (C=O) groups excluding carboxylic acids is 1. The third-order valence-corrected chi connectivity index (χ3v) is 4.08. The zero-order valence-electron chi connectivity index (χ0n) is 14.1. The van der Waals surface area contributed by atoms with Gasteiger partial charge in [-0.2, -0.15) is 5.10 Å². The van der Waals surface area contributed by atoms with E-state index in [-0.39, 0.29) is 12.5 Å². The second kappa shape index (κ2) is 7.81. The van der Waals surface area contributed by atoms with E-state index < -0.39 is 6.10 Å².